The van der Waals surface area contributed by atoms with Crippen LogP contribution in [0.2, 0.25) is 0 Å². The minimum absolute atomic E-state index is 0.393. The first-order valence-electron chi connectivity index (χ1n) is 9.37. The van der Waals surface area contributed by atoms with Crippen molar-refractivity contribution in [1.82, 2.24) is 0 Å². The van der Waals surface area contributed by atoms with Crippen molar-refractivity contribution in [2.45, 2.75) is 63.4 Å². The number of allylic oxidation sites excluding steroid dienone is 5. The first-order chi connectivity index (χ1) is 13.0. The van der Waals surface area contributed by atoms with Crippen molar-refractivity contribution in [3.8, 4) is 0 Å². The summed E-state index contributed by atoms with van der Waals surface area (Å²) >= 11 is 0. The SMILES string of the molecule is C=CCC(F)(F)F.CCC/C=C(\C)C1=C(c2ccc(S(C)(=O)=O)cc2)CCC1. The Balaban J connectivity index is 0.000000480. The van der Waals surface area contributed by atoms with Gasteiger partial charge in [-0.2, -0.15) is 13.2 Å². The van der Waals surface area contributed by atoms with Crippen molar-refractivity contribution >= 4 is 15.4 Å². The Hall–Kier alpha value is -1.82. The molecular formula is C22H29F3O2S. The predicted octanol–water partition coefficient (Wildman–Crippen LogP) is 6.90. The predicted molar refractivity (Wildman–Crippen MR) is 110 cm³/mol. The van der Waals surface area contributed by atoms with Crippen LogP contribution >= 0.6 is 0 Å². The molecule has 1 aromatic carbocycles. The molecule has 0 atom stereocenters. The van der Waals surface area contributed by atoms with E-state index < -0.39 is 22.4 Å². The van der Waals surface area contributed by atoms with E-state index in [0.717, 1.165) is 25.3 Å². The number of benzene rings is 1. The molecule has 2 nitrogen and oxygen atoms in total. The Morgan fingerprint density at radius 3 is 2.21 bits per heavy atom. The number of hydrogen-bond acceptors (Lipinski definition) is 2. The van der Waals surface area contributed by atoms with E-state index in [-0.39, 0.29) is 0 Å². The van der Waals surface area contributed by atoms with Crippen LogP contribution in [-0.4, -0.2) is 20.8 Å². The van der Waals surface area contributed by atoms with Gasteiger partial charge in [0.05, 0.1) is 11.3 Å². The van der Waals surface area contributed by atoms with Gasteiger partial charge in [0.2, 0.25) is 0 Å². The Morgan fingerprint density at radius 1 is 1.18 bits per heavy atom. The van der Waals surface area contributed by atoms with Crippen LogP contribution < -0.4 is 0 Å². The highest BCUT2D eigenvalue weighted by atomic mass is 32.2. The van der Waals surface area contributed by atoms with E-state index in [0.29, 0.717) is 4.90 Å². The third kappa shape index (κ3) is 8.05. The van der Waals surface area contributed by atoms with Crippen molar-refractivity contribution in [2.24, 2.45) is 0 Å². The number of hydrogen-bond donors (Lipinski definition) is 0. The molecule has 1 aromatic rings. The highest BCUT2D eigenvalue weighted by molar-refractivity contribution is 7.90. The minimum Gasteiger partial charge on any atom is -0.224 e. The topological polar surface area (TPSA) is 34.1 Å². The van der Waals surface area contributed by atoms with Crippen molar-refractivity contribution in [3.63, 3.8) is 0 Å². The fourth-order valence-corrected chi connectivity index (χ4v) is 3.68. The summed E-state index contributed by atoms with van der Waals surface area (Å²) in [7, 11) is -3.11. The molecule has 2 rings (SSSR count). The average Bonchev–Trinajstić information content (AvgIpc) is 3.08. The molecule has 0 saturated carbocycles. The van der Waals surface area contributed by atoms with Gasteiger partial charge in [-0.25, -0.2) is 8.42 Å². The summed E-state index contributed by atoms with van der Waals surface area (Å²) in [4.78, 5) is 0.393. The standard InChI is InChI=1S/C18H24O2S.C4H5F3/c1-4-5-7-14(2)17-8-6-9-18(17)15-10-12-16(13-11-15)21(3,19)20;1-2-3-4(5,6)7/h7,10-13H,4-6,8-9H2,1-3H3;2H,1,3H2/b14-7+;. The van der Waals surface area contributed by atoms with Gasteiger partial charge in [-0.15, -0.1) is 6.58 Å². The van der Waals surface area contributed by atoms with Gasteiger partial charge >= 0.3 is 6.18 Å². The van der Waals surface area contributed by atoms with Crippen LogP contribution in [0.25, 0.3) is 5.57 Å². The van der Waals surface area contributed by atoms with Gasteiger partial charge in [0.25, 0.3) is 0 Å². The number of unbranched alkanes of at least 4 members (excludes halogenated alkanes) is 1. The average molecular weight is 415 g/mol. The van der Waals surface area contributed by atoms with E-state index >= 15 is 0 Å². The lowest BCUT2D eigenvalue weighted by atomic mass is 9.97. The molecule has 6 heteroatoms. The number of halogens is 3. The monoisotopic (exact) mass is 414 g/mol. The van der Waals surface area contributed by atoms with Crippen LogP contribution in [0.3, 0.4) is 0 Å². The number of sulfone groups is 1. The van der Waals surface area contributed by atoms with Gasteiger partial charge < -0.3 is 0 Å². The first kappa shape index (κ1) is 24.2. The molecular weight excluding hydrogens is 385 g/mol. The molecule has 0 heterocycles. The molecule has 28 heavy (non-hydrogen) atoms. The fourth-order valence-electron chi connectivity index (χ4n) is 3.05. The zero-order chi connectivity index (χ0) is 21.4. The molecule has 0 aromatic heterocycles. The largest absolute Gasteiger partial charge is 0.392 e. The summed E-state index contributed by atoms with van der Waals surface area (Å²) < 4.78 is 56.0. The van der Waals surface area contributed by atoms with Crippen LogP contribution in [0.15, 0.2) is 59.0 Å². The van der Waals surface area contributed by atoms with Crippen molar-refractivity contribution in [2.75, 3.05) is 6.26 Å². The molecule has 0 fully saturated rings. The Labute approximate surface area is 166 Å². The second-order valence-corrected chi connectivity index (χ2v) is 8.91. The van der Waals surface area contributed by atoms with Gasteiger partial charge in [0.1, 0.15) is 0 Å². The first-order valence-corrected chi connectivity index (χ1v) is 11.3. The molecule has 0 N–H and O–H groups in total. The highest BCUT2D eigenvalue weighted by Crippen LogP contribution is 2.38. The fraction of sp³-hybridized carbons (Fsp3) is 0.455. The molecule has 0 radical (unpaired) electrons. The summed E-state index contributed by atoms with van der Waals surface area (Å²) in [5.41, 5.74) is 5.39. The zero-order valence-corrected chi connectivity index (χ0v) is 17.6. The zero-order valence-electron chi connectivity index (χ0n) is 16.8. The maximum Gasteiger partial charge on any atom is 0.392 e. The summed E-state index contributed by atoms with van der Waals surface area (Å²) in [6, 6.07) is 7.34. The lowest BCUT2D eigenvalue weighted by molar-refractivity contribution is -0.124. The number of alkyl halides is 3. The maximum absolute atomic E-state index is 11.5. The summed E-state index contributed by atoms with van der Waals surface area (Å²) in [5, 5.41) is 0. The van der Waals surface area contributed by atoms with Crippen molar-refractivity contribution < 1.29 is 21.6 Å². The molecule has 0 saturated heterocycles. The quantitative estimate of drug-likeness (QED) is 0.475. The molecule has 156 valence electrons. The molecule has 0 unspecified atom stereocenters. The Morgan fingerprint density at radius 2 is 1.79 bits per heavy atom. The van der Waals surface area contributed by atoms with E-state index in [2.05, 4.69) is 26.5 Å². The summed E-state index contributed by atoms with van der Waals surface area (Å²) in [6.07, 6.45) is 5.15. The van der Waals surface area contributed by atoms with Gasteiger partial charge in [-0.05, 0) is 61.4 Å². The van der Waals surface area contributed by atoms with E-state index in [1.54, 1.807) is 12.1 Å². The maximum atomic E-state index is 11.5. The van der Waals surface area contributed by atoms with Crippen molar-refractivity contribution in [3.05, 3.63) is 59.7 Å². The Kier molecular flexibility index (Phi) is 9.21. The van der Waals surface area contributed by atoms with Gasteiger partial charge in [0, 0.05) is 6.26 Å². The van der Waals surface area contributed by atoms with Crippen LogP contribution in [0.1, 0.15) is 57.9 Å². The molecule has 1 aliphatic rings. The van der Waals surface area contributed by atoms with Gasteiger partial charge in [-0.1, -0.05) is 43.2 Å². The van der Waals surface area contributed by atoms with E-state index in [1.807, 2.05) is 12.1 Å². The van der Waals surface area contributed by atoms with Crippen LogP contribution in [-0.2, 0) is 9.84 Å². The summed E-state index contributed by atoms with van der Waals surface area (Å²) in [6.45, 7) is 7.31. The molecule has 0 aliphatic heterocycles. The minimum atomic E-state index is -4.07. The van der Waals surface area contributed by atoms with E-state index in [9.17, 15) is 21.6 Å². The second-order valence-electron chi connectivity index (χ2n) is 6.89. The molecule has 0 spiro atoms. The second kappa shape index (κ2) is 10.6. The van der Waals surface area contributed by atoms with Crippen LogP contribution in [0, 0.1) is 0 Å². The molecule has 1 aliphatic carbocycles. The lowest BCUT2D eigenvalue weighted by Crippen LogP contribution is -2.03. The highest BCUT2D eigenvalue weighted by Gasteiger charge is 2.23. The number of rotatable bonds is 6. The molecule has 0 bridgehead atoms. The third-order valence-electron chi connectivity index (χ3n) is 4.44. The lowest BCUT2D eigenvalue weighted by Gasteiger charge is -2.09. The molecule has 0 amide bonds. The van der Waals surface area contributed by atoms with Crippen LogP contribution in [0.4, 0.5) is 13.2 Å². The normalized spacial score (nSPS) is 15.3. The van der Waals surface area contributed by atoms with E-state index in [1.165, 1.54) is 41.4 Å². The Bertz CT molecular complexity index is 814. The van der Waals surface area contributed by atoms with Gasteiger partial charge in [-0.3, -0.25) is 0 Å². The van der Waals surface area contributed by atoms with Gasteiger partial charge in [0.15, 0.2) is 9.84 Å². The van der Waals surface area contributed by atoms with Crippen LogP contribution in [0.5, 0.6) is 0 Å². The van der Waals surface area contributed by atoms with Crippen molar-refractivity contribution in [1.29, 1.82) is 0 Å². The third-order valence-corrected chi connectivity index (χ3v) is 5.57. The smallest absolute Gasteiger partial charge is 0.224 e. The van der Waals surface area contributed by atoms with E-state index in [4.69, 9.17) is 0 Å². The summed E-state index contributed by atoms with van der Waals surface area (Å²) in [5.74, 6) is 0.